The number of hydrogen-bond donors (Lipinski definition) is 1. The van der Waals surface area contributed by atoms with Gasteiger partial charge in [0.1, 0.15) is 6.26 Å². The molecule has 26 heavy (non-hydrogen) atoms. The van der Waals surface area contributed by atoms with Crippen molar-refractivity contribution in [2.75, 3.05) is 33.3 Å². The maximum Gasteiger partial charge on any atom is 0.306 e. The highest BCUT2D eigenvalue weighted by Crippen LogP contribution is 2.38. The summed E-state index contributed by atoms with van der Waals surface area (Å²) < 4.78 is 25.3. The molecule has 2 aromatic rings. The Hall–Kier alpha value is -3.23. The van der Waals surface area contributed by atoms with Crippen LogP contribution in [-0.2, 0) is 20.7 Å². The van der Waals surface area contributed by atoms with Gasteiger partial charge in [0.2, 0.25) is 5.75 Å². The molecule has 1 amide bonds. The van der Waals surface area contributed by atoms with Gasteiger partial charge in [-0.05, 0) is 24.1 Å². The first-order valence-electron chi connectivity index (χ1n) is 7.72. The van der Waals surface area contributed by atoms with Crippen LogP contribution >= 0.6 is 0 Å². The Labute approximate surface area is 150 Å². The number of carbonyl (C=O) groups is 2. The molecule has 140 valence electrons. The van der Waals surface area contributed by atoms with Crippen molar-refractivity contribution in [1.29, 1.82) is 0 Å². The topological polar surface area (TPSA) is 109 Å². The van der Waals surface area contributed by atoms with Gasteiger partial charge in [0.05, 0.1) is 21.3 Å². The standard InChI is InChI=1S/C17H20N2O7/c1-22-12-8-11(9-13(23-2)17(12)24-3)4-5-16(21)25-10-15(20)18-14-6-7-26-19-14/h6-9H,4-5,10H2,1-3H3,(H,18,19,20). The van der Waals surface area contributed by atoms with Crippen molar-refractivity contribution in [2.24, 2.45) is 0 Å². The van der Waals surface area contributed by atoms with Gasteiger partial charge in [-0.2, -0.15) is 0 Å². The Morgan fingerprint density at radius 3 is 2.35 bits per heavy atom. The lowest BCUT2D eigenvalue weighted by Gasteiger charge is -2.14. The van der Waals surface area contributed by atoms with Crippen LogP contribution in [0.2, 0.25) is 0 Å². The zero-order chi connectivity index (χ0) is 18.9. The van der Waals surface area contributed by atoms with Crippen molar-refractivity contribution in [3.8, 4) is 17.2 Å². The SMILES string of the molecule is COc1cc(CCC(=O)OCC(=O)Nc2ccon2)cc(OC)c1OC. The van der Waals surface area contributed by atoms with E-state index < -0.39 is 18.5 Å². The number of nitrogens with one attached hydrogen (secondary N) is 1. The number of aromatic nitrogens is 1. The molecule has 9 nitrogen and oxygen atoms in total. The predicted molar refractivity (Wildman–Crippen MR) is 90.5 cm³/mol. The van der Waals surface area contributed by atoms with Gasteiger partial charge in [0, 0.05) is 12.5 Å². The number of methoxy groups -OCH3 is 3. The van der Waals surface area contributed by atoms with E-state index in [0.717, 1.165) is 5.56 Å². The van der Waals surface area contributed by atoms with Gasteiger partial charge in [0.25, 0.3) is 5.91 Å². The Morgan fingerprint density at radius 2 is 1.81 bits per heavy atom. The second-order valence-electron chi connectivity index (χ2n) is 5.13. The van der Waals surface area contributed by atoms with Crippen LogP contribution in [0.5, 0.6) is 17.2 Å². The number of esters is 1. The molecule has 9 heteroatoms. The van der Waals surface area contributed by atoms with E-state index in [1.54, 1.807) is 12.1 Å². The van der Waals surface area contributed by atoms with Crippen LogP contribution in [0.15, 0.2) is 29.0 Å². The highest BCUT2D eigenvalue weighted by Gasteiger charge is 2.15. The predicted octanol–water partition coefficient (Wildman–Crippen LogP) is 1.81. The molecule has 1 aromatic heterocycles. The molecule has 0 saturated carbocycles. The molecule has 0 atom stereocenters. The molecule has 1 N–H and O–H groups in total. The fourth-order valence-electron chi connectivity index (χ4n) is 2.20. The van der Waals surface area contributed by atoms with E-state index in [-0.39, 0.29) is 12.2 Å². The highest BCUT2D eigenvalue weighted by molar-refractivity contribution is 5.91. The smallest absolute Gasteiger partial charge is 0.306 e. The number of amides is 1. The van der Waals surface area contributed by atoms with Gasteiger partial charge >= 0.3 is 5.97 Å². The minimum Gasteiger partial charge on any atom is -0.493 e. The molecular weight excluding hydrogens is 344 g/mol. The van der Waals surface area contributed by atoms with E-state index in [1.165, 1.54) is 33.7 Å². The number of benzene rings is 1. The maximum atomic E-state index is 11.8. The summed E-state index contributed by atoms with van der Waals surface area (Å²) in [7, 11) is 4.55. The van der Waals surface area contributed by atoms with Crippen molar-refractivity contribution in [2.45, 2.75) is 12.8 Å². The normalized spacial score (nSPS) is 10.1. The molecule has 2 rings (SSSR count). The summed E-state index contributed by atoms with van der Waals surface area (Å²) in [6.07, 6.45) is 1.80. The molecule has 0 radical (unpaired) electrons. The monoisotopic (exact) mass is 364 g/mol. The summed E-state index contributed by atoms with van der Waals surface area (Å²) in [6, 6.07) is 4.99. The lowest BCUT2D eigenvalue weighted by Crippen LogP contribution is -2.21. The van der Waals surface area contributed by atoms with E-state index in [4.69, 9.17) is 18.9 Å². The molecule has 0 aliphatic carbocycles. The van der Waals surface area contributed by atoms with Gasteiger partial charge in [-0.15, -0.1) is 0 Å². The first kappa shape index (κ1) is 19.1. The fraction of sp³-hybridized carbons (Fsp3) is 0.353. The molecule has 0 spiro atoms. The van der Waals surface area contributed by atoms with E-state index >= 15 is 0 Å². The Morgan fingerprint density at radius 1 is 1.12 bits per heavy atom. The number of anilines is 1. The second kappa shape index (κ2) is 9.30. The van der Waals surface area contributed by atoms with Gasteiger partial charge in [0.15, 0.2) is 23.9 Å². The van der Waals surface area contributed by atoms with Crippen LogP contribution < -0.4 is 19.5 Å². The summed E-state index contributed by atoms with van der Waals surface area (Å²) >= 11 is 0. The molecule has 0 aliphatic heterocycles. The molecule has 1 heterocycles. The minimum absolute atomic E-state index is 0.0931. The Kier molecular flexibility index (Phi) is 6.84. The van der Waals surface area contributed by atoms with Crippen molar-refractivity contribution >= 4 is 17.7 Å². The van der Waals surface area contributed by atoms with Crippen LogP contribution in [0.3, 0.4) is 0 Å². The lowest BCUT2D eigenvalue weighted by molar-refractivity contribution is -0.147. The molecule has 0 bridgehead atoms. The van der Waals surface area contributed by atoms with E-state index in [9.17, 15) is 9.59 Å². The molecule has 0 unspecified atom stereocenters. The number of aryl methyl sites for hydroxylation is 1. The molecule has 1 aromatic carbocycles. The van der Waals surface area contributed by atoms with Crippen LogP contribution in [0.1, 0.15) is 12.0 Å². The van der Waals surface area contributed by atoms with E-state index in [0.29, 0.717) is 23.7 Å². The fourth-order valence-corrected chi connectivity index (χ4v) is 2.20. The number of rotatable bonds is 9. The molecule has 0 fully saturated rings. The van der Waals surface area contributed by atoms with Crippen LogP contribution in [0, 0.1) is 0 Å². The summed E-state index contributed by atoms with van der Waals surface area (Å²) in [5, 5.41) is 5.95. The van der Waals surface area contributed by atoms with Gasteiger partial charge in [-0.1, -0.05) is 5.16 Å². The summed E-state index contributed by atoms with van der Waals surface area (Å²) in [6.45, 7) is -0.402. The summed E-state index contributed by atoms with van der Waals surface area (Å²) in [5.74, 6) is 0.729. The third-order valence-corrected chi connectivity index (χ3v) is 3.41. The zero-order valence-electron chi connectivity index (χ0n) is 14.7. The number of carbonyl (C=O) groups excluding carboxylic acids is 2. The average Bonchev–Trinajstić information content (AvgIpc) is 3.16. The van der Waals surface area contributed by atoms with Gasteiger partial charge in [-0.25, -0.2) is 0 Å². The number of ether oxygens (including phenoxy) is 4. The van der Waals surface area contributed by atoms with Crippen molar-refractivity contribution in [3.63, 3.8) is 0 Å². The number of nitrogens with zero attached hydrogens (tertiary/aromatic N) is 1. The number of hydrogen-bond acceptors (Lipinski definition) is 8. The summed E-state index contributed by atoms with van der Waals surface area (Å²) in [5.41, 5.74) is 0.809. The molecule has 0 aliphatic rings. The van der Waals surface area contributed by atoms with Crippen molar-refractivity contribution in [3.05, 3.63) is 30.0 Å². The third kappa shape index (κ3) is 5.13. The quantitative estimate of drug-likeness (QED) is 0.671. The van der Waals surface area contributed by atoms with E-state index in [2.05, 4.69) is 15.0 Å². The Balaban J connectivity index is 1.85. The van der Waals surface area contributed by atoms with E-state index in [1.807, 2.05) is 0 Å². The zero-order valence-corrected chi connectivity index (χ0v) is 14.7. The van der Waals surface area contributed by atoms with Crippen LogP contribution in [0.25, 0.3) is 0 Å². The lowest BCUT2D eigenvalue weighted by atomic mass is 10.1. The van der Waals surface area contributed by atoms with Gasteiger partial charge in [-0.3, -0.25) is 9.59 Å². The molecular formula is C17H20N2O7. The molecule has 0 saturated heterocycles. The first-order valence-corrected chi connectivity index (χ1v) is 7.72. The first-order chi connectivity index (χ1) is 12.6. The minimum atomic E-state index is -0.506. The second-order valence-corrected chi connectivity index (χ2v) is 5.13. The van der Waals surface area contributed by atoms with Crippen LogP contribution in [-0.4, -0.2) is 45.0 Å². The highest BCUT2D eigenvalue weighted by atomic mass is 16.5. The van der Waals surface area contributed by atoms with Gasteiger partial charge < -0.3 is 28.8 Å². The van der Waals surface area contributed by atoms with Crippen molar-refractivity contribution in [1.82, 2.24) is 5.16 Å². The van der Waals surface area contributed by atoms with Crippen molar-refractivity contribution < 1.29 is 33.1 Å². The Bertz CT molecular complexity index is 719. The maximum absolute atomic E-state index is 11.8. The van der Waals surface area contributed by atoms with Crippen LogP contribution in [0.4, 0.5) is 5.82 Å². The summed E-state index contributed by atoms with van der Waals surface area (Å²) in [4.78, 5) is 23.4. The third-order valence-electron chi connectivity index (χ3n) is 3.41. The average molecular weight is 364 g/mol. The largest absolute Gasteiger partial charge is 0.493 e.